The normalized spacial score (nSPS) is 22.4. The van der Waals surface area contributed by atoms with Crippen LogP contribution in [0.4, 0.5) is 8.78 Å². The third-order valence-electron chi connectivity index (χ3n) is 9.25. The van der Waals surface area contributed by atoms with Crippen molar-refractivity contribution in [1.82, 2.24) is 33.6 Å². The molecule has 8 nitrogen and oxygen atoms in total. The quantitative estimate of drug-likeness (QED) is 0.329. The second kappa shape index (κ2) is 9.61. The van der Waals surface area contributed by atoms with Crippen molar-refractivity contribution >= 4 is 5.52 Å². The van der Waals surface area contributed by atoms with Crippen LogP contribution < -0.4 is 5.69 Å². The van der Waals surface area contributed by atoms with Crippen molar-refractivity contribution in [3.8, 4) is 5.69 Å². The van der Waals surface area contributed by atoms with Crippen LogP contribution in [0.3, 0.4) is 0 Å². The van der Waals surface area contributed by atoms with E-state index in [1.54, 1.807) is 28.4 Å². The van der Waals surface area contributed by atoms with E-state index < -0.39 is 11.8 Å². The van der Waals surface area contributed by atoms with E-state index in [0.717, 1.165) is 59.7 Å². The fraction of sp³-hybridized carbons (Fsp3) is 0.533. The van der Waals surface area contributed by atoms with Gasteiger partial charge in [-0.3, -0.25) is 18.9 Å². The average molecular weight is 548 g/mol. The first kappa shape index (κ1) is 25.6. The predicted octanol–water partition coefficient (Wildman–Crippen LogP) is 4.90. The fourth-order valence-corrected chi connectivity index (χ4v) is 6.47. The largest absolute Gasteiger partial charge is 0.337 e. The lowest BCUT2D eigenvalue weighted by Crippen LogP contribution is -2.45. The van der Waals surface area contributed by atoms with Gasteiger partial charge in [0.25, 0.3) is 5.92 Å². The van der Waals surface area contributed by atoms with Gasteiger partial charge in [0.1, 0.15) is 12.2 Å². The summed E-state index contributed by atoms with van der Waals surface area (Å²) in [6.07, 6.45) is 11.0. The molecule has 4 heterocycles. The number of aromatic nitrogens is 6. The van der Waals surface area contributed by atoms with E-state index in [0.29, 0.717) is 31.5 Å². The SMILES string of the molecule is C[C@@H]1CN(Cc2cn3c(=O)n(-c4cccc([C@@H](c5nncn5C)C5CCC5)c4)cc3c(C3CC3)n2)CCC1(F)F. The Labute approximate surface area is 231 Å². The van der Waals surface area contributed by atoms with Crippen LogP contribution in [0.2, 0.25) is 0 Å². The lowest BCUT2D eigenvalue weighted by molar-refractivity contribution is -0.100. The molecular formula is C30H35F2N7O. The van der Waals surface area contributed by atoms with Crippen molar-refractivity contribution in [1.29, 1.82) is 0 Å². The molecule has 10 heteroatoms. The minimum atomic E-state index is -2.62. The number of rotatable bonds is 7. The molecule has 40 heavy (non-hydrogen) atoms. The molecule has 3 aromatic heterocycles. The molecule has 2 aliphatic carbocycles. The number of nitrogens with zero attached hydrogens (tertiary/aromatic N) is 7. The summed E-state index contributed by atoms with van der Waals surface area (Å²) < 4.78 is 33.5. The van der Waals surface area contributed by atoms with E-state index in [-0.39, 0.29) is 18.0 Å². The number of imidazole rings is 1. The number of hydrogen-bond acceptors (Lipinski definition) is 5. The standard InChI is InChI=1S/C30H35F2N7O/c1-19-14-37(12-11-30(19,31)32)15-23-16-39-25(27(34-23)21-9-10-21)17-38(29(39)40)24-8-4-7-22(13-24)26(20-5-3-6-20)28-35-33-18-36(28)2/h4,7-8,13,16-21,26H,3,5-6,9-12,14-15H2,1-2H3/t19-,26+/m1/s1. The van der Waals surface area contributed by atoms with Crippen LogP contribution >= 0.6 is 0 Å². The van der Waals surface area contributed by atoms with E-state index >= 15 is 0 Å². The lowest BCUT2D eigenvalue weighted by Gasteiger charge is -2.36. The van der Waals surface area contributed by atoms with E-state index in [9.17, 15) is 13.6 Å². The third-order valence-corrected chi connectivity index (χ3v) is 9.25. The molecular weight excluding hydrogens is 512 g/mol. The number of aryl methyl sites for hydroxylation is 1. The van der Waals surface area contributed by atoms with Gasteiger partial charge < -0.3 is 4.57 Å². The maximum atomic E-state index is 14.1. The van der Waals surface area contributed by atoms with Gasteiger partial charge in [0, 0.05) is 63.3 Å². The Morgan fingerprint density at radius 2 is 1.98 bits per heavy atom. The molecule has 2 atom stereocenters. The molecule has 1 aliphatic heterocycles. The highest BCUT2D eigenvalue weighted by molar-refractivity contribution is 5.56. The number of hydrogen-bond donors (Lipinski definition) is 0. The van der Waals surface area contributed by atoms with Gasteiger partial charge in [-0.25, -0.2) is 13.6 Å². The van der Waals surface area contributed by atoms with Gasteiger partial charge in [-0.1, -0.05) is 25.5 Å². The molecule has 7 rings (SSSR count). The molecule has 2 saturated carbocycles. The Bertz CT molecular complexity index is 1610. The van der Waals surface area contributed by atoms with Crippen LogP contribution in [0, 0.1) is 11.8 Å². The number of benzene rings is 1. The first-order valence-electron chi connectivity index (χ1n) is 14.5. The molecule has 0 radical (unpaired) electrons. The molecule has 0 spiro atoms. The zero-order chi connectivity index (χ0) is 27.6. The summed E-state index contributed by atoms with van der Waals surface area (Å²) in [6, 6.07) is 8.22. The number of halogens is 2. The van der Waals surface area contributed by atoms with Crippen molar-refractivity contribution in [3.63, 3.8) is 0 Å². The van der Waals surface area contributed by atoms with Crippen LogP contribution in [0.15, 0.2) is 47.8 Å². The van der Waals surface area contributed by atoms with Gasteiger partial charge in [0.15, 0.2) is 0 Å². The maximum Gasteiger partial charge on any atom is 0.337 e. The molecule has 1 saturated heterocycles. The summed E-state index contributed by atoms with van der Waals surface area (Å²) in [5.41, 5.74) is 4.32. The molecule has 3 aliphatic rings. The number of piperidine rings is 1. The molecule has 4 aromatic rings. The van der Waals surface area contributed by atoms with Crippen LogP contribution in [-0.4, -0.2) is 52.6 Å². The summed E-state index contributed by atoms with van der Waals surface area (Å²) >= 11 is 0. The van der Waals surface area contributed by atoms with Crippen molar-refractivity contribution in [3.05, 3.63) is 76.2 Å². The Hall–Kier alpha value is -3.40. The van der Waals surface area contributed by atoms with Crippen molar-refractivity contribution < 1.29 is 8.78 Å². The molecule has 1 aromatic carbocycles. The first-order valence-corrected chi connectivity index (χ1v) is 14.5. The van der Waals surface area contributed by atoms with Crippen molar-refractivity contribution in [2.75, 3.05) is 13.1 Å². The molecule has 0 N–H and O–H groups in total. The Kier molecular flexibility index (Phi) is 6.14. The average Bonchev–Trinajstić information content (AvgIpc) is 3.59. The van der Waals surface area contributed by atoms with Crippen LogP contribution in [0.5, 0.6) is 0 Å². The van der Waals surface area contributed by atoms with E-state index in [2.05, 4.69) is 22.3 Å². The highest BCUT2D eigenvalue weighted by Gasteiger charge is 2.41. The highest BCUT2D eigenvalue weighted by atomic mass is 19.3. The van der Waals surface area contributed by atoms with E-state index in [1.165, 1.54) is 6.42 Å². The first-order chi connectivity index (χ1) is 19.3. The van der Waals surface area contributed by atoms with Gasteiger partial charge in [0.2, 0.25) is 0 Å². The van der Waals surface area contributed by atoms with Gasteiger partial charge in [-0.2, -0.15) is 0 Å². The molecule has 0 unspecified atom stereocenters. The molecule has 3 fully saturated rings. The Morgan fingerprint density at radius 1 is 1.15 bits per heavy atom. The number of fused-ring (bicyclic) bond motifs is 1. The zero-order valence-corrected chi connectivity index (χ0v) is 23.0. The smallest absolute Gasteiger partial charge is 0.320 e. The van der Waals surface area contributed by atoms with Gasteiger partial charge >= 0.3 is 5.69 Å². The van der Waals surface area contributed by atoms with E-state index in [1.807, 2.05) is 34.8 Å². The summed E-state index contributed by atoms with van der Waals surface area (Å²) in [6.45, 7) is 2.72. The minimum Gasteiger partial charge on any atom is -0.320 e. The topological polar surface area (TPSA) is 73.2 Å². The summed E-state index contributed by atoms with van der Waals surface area (Å²) in [7, 11) is 1.98. The lowest BCUT2D eigenvalue weighted by atomic mass is 9.72. The Balaban J connectivity index is 1.25. The summed E-state index contributed by atoms with van der Waals surface area (Å²) in [4.78, 5) is 20.8. The predicted molar refractivity (Wildman–Crippen MR) is 147 cm³/mol. The zero-order valence-electron chi connectivity index (χ0n) is 23.0. The van der Waals surface area contributed by atoms with Gasteiger partial charge in [-0.05, 0) is 49.3 Å². The Morgan fingerprint density at radius 3 is 2.65 bits per heavy atom. The maximum absolute atomic E-state index is 14.1. The number of alkyl halides is 2. The minimum absolute atomic E-state index is 0.128. The van der Waals surface area contributed by atoms with Crippen LogP contribution in [-0.2, 0) is 13.6 Å². The van der Waals surface area contributed by atoms with E-state index in [4.69, 9.17) is 4.98 Å². The van der Waals surface area contributed by atoms with Crippen LogP contribution in [0.1, 0.15) is 80.1 Å². The summed E-state index contributed by atoms with van der Waals surface area (Å²) in [5, 5.41) is 8.58. The molecule has 0 bridgehead atoms. The van der Waals surface area contributed by atoms with Crippen molar-refractivity contribution in [2.45, 2.75) is 69.8 Å². The highest BCUT2D eigenvalue weighted by Crippen LogP contribution is 2.43. The van der Waals surface area contributed by atoms with Gasteiger partial charge in [-0.15, -0.1) is 10.2 Å². The van der Waals surface area contributed by atoms with Crippen LogP contribution in [0.25, 0.3) is 11.2 Å². The van der Waals surface area contributed by atoms with Crippen molar-refractivity contribution in [2.24, 2.45) is 18.9 Å². The molecule has 210 valence electrons. The number of likely N-dealkylation sites (tertiary alicyclic amines) is 1. The van der Waals surface area contributed by atoms with Gasteiger partial charge in [0.05, 0.1) is 22.6 Å². The second-order valence-corrected chi connectivity index (χ2v) is 12.1. The monoisotopic (exact) mass is 547 g/mol. The fourth-order valence-electron chi connectivity index (χ4n) is 6.47. The summed E-state index contributed by atoms with van der Waals surface area (Å²) in [5.74, 6) is -1.40. The molecule has 0 amide bonds. The third kappa shape index (κ3) is 4.46. The second-order valence-electron chi connectivity index (χ2n) is 12.1.